The van der Waals surface area contributed by atoms with Gasteiger partial charge in [0, 0.05) is 56.7 Å². The lowest BCUT2D eigenvalue weighted by Gasteiger charge is -2.20. The van der Waals surface area contributed by atoms with Crippen molar-refractivity contribution in [3.05, 3.63) is 435 Å². The van der Waals surface area contributed by atoms with Crippen molar-refractivity contribution < 1.29 is 0 Å². The fourth-order valence-corrected chi connectivity index (χ4v) is 19.3. The summed E-state index contributed by atoms with van der Waals surface area (Å²) in [7, 11) is 0. The number of aryl methyl sites for hydroxylation is 6. The molecule has 0 N–H and O–H groups in total. The third-order valence-corrected chi connectivity index (χ3v) is 25.5. The zero-order chi connectivity index (χ0) is 82.1. The van der Waals surface area contributed by atoms with E-state index in [4.69, 9.17) is 0 Å². The van der Waals surface area contributed by atoms with Crippen molar-refractivity contribution in [2.24, 2.45) is 0 Å². The molecule has 0 unspecified atom stereocenters. The molecule has 2 aromatic heterocycles. The molecule has 0 radical (unpaired) electrons. The molecule has 2 heteroatoms. The van der Waals surface area contributed by atoms with Crippen molar-refractivity contribution in [1.29, 1.82) is 0 Å². The van der Waals surface area contributed by atoms with E-state index >= 15 is 0 Å². The van der Waals surface area contributed by atoms with Gasteiger partial charge in [-0.1, -0.05) is 374 Å². The van der Waals surface area contributed by atoms with Crippen LogP contribution < -0.4 is 0 Å². The van der Waals surface area contributed by atoms with Crippen LogP contribution in [0.3, 0.4) is 0 Å². The summed E-state index contributed by atoms with van der Waals surface area (Å²) >= 11 is 0. The number of aromatic nitrogens is 2. The van der Waals surface area contributed by atoms with Gasteiger partial charge in [0.2, 0.25) is 0 Å². The van der Waals surface area contributed by atoms with Gasteiger partial charge in [0.05, 0.1) is 0 Å². The minimum atomic E-state index is 0.937. The van der Waals surface area contributed by atoms with Gasteiger partial charge in [0.15, 0.2) is 0 Å². The smallest absolute Gasteiger partial charge is 0.0491 e. The van der Waals surface area contributed by atoms with E-state index in [-0.39, 0.29) is 0 Å². The summed E-state index contributed by atoms with van der Waals surface area (Å²) in [5.74, 6) is 0. The number of para-hydroxylation sites is 2. The molecule has 22 aromatic rings. The first-order valence-electron chi connectivity index (χ1n) is 42.9. The van der Waals surface area contributed by atoms with E-state index in [1.807, 2.05) is 0 Å². The van der Waals surface area contributed by atoms with Crippen LogP contribution in [0, 0.1) is 27.7 Å². The van der Waals surface area contributed by atoms with Gasteiger partial charge in [-0.3, -0.25) is 0 Å². The van der Waals surface area contributed by atoms with Gasteiger partial charge in [-0.2, -0.15) is 0 Å². The minimum Gasteiger partial charge on any atom is -0.341 e. The van der Waals surface area contributed by atoms with E-state index in [0.29, 0.717) is 0 Å². The second kappa shape index (κ2) is 31.4. The predicted octanol–water partition coefficient (Wildman–Crippen LogP) is 33.5. The van der Waals surface area contributed by atoms with Gasteiger partial charge in [-0.05, 0) is 279 Å². The quantitative estimate of drug-likeness (QED) is 0.0961. The SMILES string of the molecule is CCn1c2ccccc2c2cc(-c3ccc(-c4c5ccc(-c6ccc(C)cc6)cc5c(-c5ccc(-c6ccc(-c7ccccc7)cc6)cc5)c5ccc(-c6ccc(C)cc6)cc45)cc3)ccc21.CCn1c2ccccc2c2cc(-c3ccc(-c4c5ccc(-c6cccc(C)c6)cc5c(-c5ccccc5)c5ccc(-c6cccc(C)c6)cc45)cc3)ccc21. The normalized spacial score (nSPS) is 11.6. The number of benzene rings is 20. The highest BCUT2D eigenvalue weighted by molar-refractivity contribution is 6.25. The van der Waals surface area contributed by atoms with Gasteiger partial charge in [0.25, 0.3) is 0 Å². The molecule has 0 spiro atoms. The second-order valence-corrected chi connectivity index (χ2v) is 33.0. The fourth-order valence-electron chi connectivity index (χ4n) is 19.3. The Morgan fingerprint density at radius 3 is 0.672 bits per heavy atom. The molecule has 0 saturated carbocycles. The number of rotatable bonds is 14. The molecule has 0 atom stereocenters. The van der Waals surface area contributed by atoms with E-state index < -0.39 is 0 Å². The van der Waals surface area contributed by atoms with Crippen LogP contribution >= 0.6 is 0 Å². The molecule has 0 saturated heterocycles. The van der Waals surface area contributed by atoms with Crippen molar-refractivity contribution in [3.63, 3.8) is 0 Å². The Kier molecular flexibility index (Phi) is 19.2. The molecule has 2 nitrogen and oxygen atoms in total. The van der Waals surface area contributed by atoms with Gasteiger partial charge in [-0.15, -0.1) is 0 Å². The predicted molar refractivity (Wildman–Crippen MR) is 524 cm³/mol. The largest absolute Gasteiger partial charge is 0.341 e. The lowest BCUT2D eigenvalue weighted by atomic mass is 9.83. The van der Waals surface area contributed by atoms with Crippen LogP contribution in [-0.4, -0.2) is 9.13 Å². The number of nitrogens with zero attached hydrogens (tertiary/aromatic N) is 2. The molecular formula is C120H90N2. The van der Waals surface area contributed by atoms with Crippen LogP contribution in [0.25, 0.3) is 220 Å². The maximum atomic E-state index is 2.43. The summed E-state index contributed by atoms with van der Waals surface area (Å²) in [4.78, 5) is 0. The first-order chi connectivity index (χ1) is 60.0. The lowest BCUT2D eigenvalue weighted by molar-refractivity contribution is 0.827. The van der Waals surface area contributed by atoms with E-state index in [1.54, 1.807) is 0 Å². The maximum Gasteiger partial charge on any atom is 0.0491 e. The Bertz CT molecular complexity index is 7780. The van der Waals surface area contributed by atoms with Crippen LogP contribution in [0.1, 0.15) is 36.1 Å². The topological polar surface area (TPSA) is 9.86 Å². The molecule has 0 fully saturated rings. The molecule has 22 rings (SSSR count). The standard InChI is InChI=1S/C66H49N.C54H41N/c1-4-67-63-13-9-8-12-57(63)60-40-56(36-39-64(60)67)51-28-32-53(33-29-51)66-59-38-35-54(49-18-14-43(2)15-19-49)41-61(59)65(58-37-34-55(42-62(58)66)50-20-16-44(3)17-21-50)52-30-26-48(27-31-52)47-24-22-46(23-25-47)45-10-6-5-7-11-45;1-4-55-51-19-9-8-18-45(51)48-32-42(26-29-52(48)55)37-20-22-39(23-21-37)54-47-28-25-43(40-16-10-12-35(2)30-40)33-49(47)53(38-14-6-5-7-15-38)46-27-24-44(34-50(46)54)41-17-11-13-36(3)31-41/h5-42H,4H2,1-3H3;5-34H,4H2,1-3H3. The number of hydrogen-bond donors (Lipinski definition) is 0. The molecule has 0 aliphatic rings. The molecule has 580 valence electrons. The minimum absolute atomic E-state index is 0.937. The van der Waals surface area contributed by atoms with Gasteiger partial charge >= 0.3 is 0 Å². The van der Waals surface area contributed by atoms with Crippen LogP contribution in [0.4, 0.5) is 0 Å². The third kappa shape index (κ3) is 13.6. The molecule has 2 heterocycles. The summed E-state index contributed by atoms with van der Waals surface area (Å²) in [5, 5.41) is 15.2. The Balaban J connectivity index is 0.000000153. The lowest BCUT2D eigenvalue weighted by Crippen LogP contribution is -1.93. The van der Waals surface area contributed by atoms with Crippen LogP contribution in [0.15, 0.2) is 413 Å². The number of fused-ring (bicyclic) bond motifs is 10. The van der Waals surface area contributed by atoms with Crippen LogP contribution in [0.5, 0.6) is 0 Å². The van der Waals surface area contributed by atoms with Crippen molar-refractivity contribution in [2.75, 3.05) is 0 Å². The van der Waals surface area contributed by atoms with Gasteiger partial charge < -0.3 is 9.13 Å². The monoisotopic (exact) mass is 1560 g/mol. The Morgan fingerprint density at radius 2 is 0.352 bits per heavy atom. The average Bonchev–Trinajstić information content (AvgIpc) is 1.12. The number of hydrogen-bond acceptors (Lipinski definition) is 0. The first kappa shape index (κ1) is 74.6. The summed E-state index contributed by atoms with van der Waals surface area (Å²) < 4.78 is 4.84. The summed E-state index contributed by atoms with van der Waals surface area (Å²) in [6, 6.07) is 154. The average molecular weight is 1560 g/mol. The molecule has 122 heavy (non-hydrogen) atoms. The van der Waals surface area contributed by atoms with Crippen molar-refractivity contribution in [2.45, 2.75) is 54.6 Å². The van der Waals surface area contributed by atoms with E-state index in [0.717, 1.165) is 13.1 Å². The summed E-state index contributed by atoms with van der Waals surface area (Å²) in [6.07, 6.45) is 0. The molecule has 0 bridgehead atoms. The highest BCUT2D eigenvalue weighted by atomic mass is 15.0. The Labute approximate surface area is 713 Å². The van der Waals surface area contributed by atoms with Crippen LogP contribution in [0.2, 0.25) is 0 Å². The second-order valence-electron chi connectivity index (χ2n) is 33.0. The van der Waals surface area contributed by atoms with E-state index in [2.05, 4.69) is 463 Å². The highest BCUT2D eigenvalue weighted by Gasteiger charge is 2.24. The third-order valence-electron chi connectivity index (χ3n) is 25.5. The zero-order valence-electron chi connectivity index (χ0n) is 69.6. The zero-order valence-corrected chi connectivity index (χ0v) is 69.6. The van der Waals surface area contributed by atoms with Crippen molar-refractivity contribution in [1.82, 2.24) is 9.13 Å². The van der Waals surface area contributed by atoms with Gasteiger partial charge in [-0.25, -0.2) is 0 Å². The molecular weight excluding hydrogens is 1470 g/mol. The van der Waals surface area contributed by atoms with Crippen molar-refractivity contribution >= 4 is 86.7 Å². The van der Waals surface area contributed by atoms with Gasteiger partial charge in [0.1, 0.15) is 0 Å². The van der Waals surface area contributed by atoms with Crippen molar-refractivity contribution in [3.8, 4) is 134 Å². The molecule has 0 amide bonds. The summed E-state index contributed by atoms with van der Waals surface area (Å²) in [5.41, 5.74) is 39.6. The Morgan fingerprint density at radius 1 is 0.139 bits per heavy atom. The molecule has 20 aromatic carbocycles. The van der Waals surface area contributed by atoms with E-state index in [1.165, 1.54) is 242 Å². The first-order valence-corrected chi connectivity index (χ1v) is 42.9. The van der Waals surface area contributed by atoms with E-state index in [9.17, 15) is 0 Å². The molecule has 0 aliphatic heterocycles. The maximum absolute atomic E-state index is 2.43. The molecule has 0 aliphatic carbocycles. The summed E-state index contributed by atoms with van der Waals surface area (Å²) in [6.45, 7) is 15.0. The van der Waals surface area contributed by atoms with Crippen LogP contribution in [-0.2, 0) is 13.1 Å². The highest BCUT2D eigenvalue weighted by Crippen LogP contribution is 2.50. The fraction of sp³-hybridized carbons (Fsp3) is 0.0667. The Hall–Kier alpha value is -15.0.